The first kappa shape index (κ1) is 19.6. The lowest BCUT2D eigenvalue weighted by Gasteiger charge is -2.20. The lowest BCUT2D eigenvalue weighted by atomic mass is 10.1. The number of anilines is 1. The van der Waals surface area contributed by atoms with Gasteiger partial charge in [0.1, 0.15) is 24.1 Å². The van der Waals surface area contributed by atoms with Crippen molar-refractivity contribution in [3.8, 4) is 0 Å². The van der Waals surface area contributed by atoms with Gasteiger partial charge in [0, 0.05) is 6.16 Å². The maximum atomic E-state index is 11.2. The zero-order valence-corrected chi connectivity index (χ0v) is 15.6. The Morgan fingerprint density at radius 2 is 2.15 bits per heavy atom. The fourth-order valence-electron chi connectivity index (χ4n) is 2.63. The summed E-state index contributed by atoms with van der Waals surface area (Å²) in [4.78, 5) is 39.0. The number of aliphatic hydroxyl groups excluding tert-OH is 1. The van der Waals surface area contributed by atoms with Crippen molar-refractivity contribution < 1.29 is 38.2 Å². The van der Waals surface area contributed by atoms with Crippen LogP contribution in [0.25, 0.3) is 11.2 Å². The van der Waals surface area contributed by atoms with E-state index in [4.69, 9.17) is 25.2 Å². The van der Waals surface area contributed by atoms with E-state index < -0.39 is 48.3 Å². The summed E-state index contributed by atoms with van der Waals surface area (Å²) < 4.78 is 33.8. The van der Waals surface area contributed by atoms with E-state index in [0.717, 1.165) is 0 Å². The molecule has 0 spiro atoms. The number of fused-ring (bicyclic) bond motifs is 1. The third kappa shape index (κ3) is 4.07. The Labute approximate surface area is 148 Å². The Bertz CT molecular complexity index is 873. The van der Waals surface area contributed by atoms with Crippen LogP contribution in [0.3, 0.4) is 0 Å². The van der Waals surface area contributed by atoms with Crippen molar-refractivity contribution in [1.82, 2.24) is 19.5 Å². The zero-order chi connectivity index (χ0) is 19.1. The number of aliphatic hydroxyl groups is 1. The normalized spacial score (nSPS) is 27.6. The van der Waals surface area contributed by atoms with Crippen LogP contribution in [0.1, 0.15) is 6.23 Å². The SMILES string of the molecule is Nc1ncnc2c1ncn2C1OC(CP[P+](=O)O)C(OP(=O)(O)O)C1O. The minimum absolute atomic E-state index is 0.0340. The minimum atomic E-state index is -4.94. The number of nitrogen functional groups attached to an aromatic ring is 1. The second-order valence-corrected chi connectivity index (χ2v) is 9.89. The van der Waals surface area contributed by atoms with Gasteiger partial charge >= 0.3 is 15.5 Å². The standard InChI is InChI=1S/C10H14N5O8P3/c11-8-5-9(13-2-12-8)15(3-14-5)10-6(16)7(23-26(19,20)21)4(22-10)1-24-25(17)18/h2-4,6-7,10,16,24H,1H2,(H4-,11,12,13,17,18,19,20,21)/p+1. The molecular formula is C10H15N5O8P3+. The van der Waals surface area contributed by atoms with Crippen LogP contribution in [0, 0.1) is 0 Å². The van der Waals surface area contributed by atoms with Crippen LogP contribution >= 0.6 is 23.8 Å². The number of phosphoric ester groups is 1. The van der Waals surface area contributed by atoms with E-state index in [2.05, 4.69) is 19.5 Å². The molecule has 2 aromatic rings. The van der Waals surface area contributed by atoms with Crippen molar-refractivity contribution in [3.63, 3.8) is 0 Å². The van der Waals surface area contributed by atoms with Crippen molar-refractivity contribution >= 4 is 40.8 Å². The molecule has 0 aliphatic carbocycles. The van der Waals surface area contributed by atoms with E-state index in [1.54, 1.807) is 0 Å². The van der Waals surface area contributed by atoms with Crippen molar-refractivity contribution in [3.05, 3.63) is 12.7 Å². The van der Waals surface area contributed by atoms with E-state index in [9.17, 15) is 14.2 Å². The van der Waals surface area contributed by atoms with Crippen molar-refractivity contribution in [2.45, 2.75) is 24.5 Å². The van der Waals surface area contributed by atoms with E-state index in [1.165, 1.54) is 17.2 Å². The second kappa shape index (κ2) is 7.47. The Morgan fingerprint density at radius 1 is 1.42 bits per heavy atom. The molecule has 6 N–H and O–H groups in total. The summed E-state index contributed by atoms with van der Waals surface area (Å²) in [5.74, 6) is 0.111. The molecule has 142 valence electrons. The molecule has 3 rings (SSSR count). The molecule has 1 aliphatic rings. The number of ether oxygens (including phenoxy) is 1. The van der Waals surface area contributed by atoms with Gasteiger partial charge < -0.3 is 25.4 Å². The van der Waals surface area contributed by atoms with Gasteiger partial charge in [-0.05, 0) is 4.57 Å². The number of nitrogens with two attached hydrogens (primary N) is 1. The van der Waals surface area contributed by atoms with Crippen LogP contribution in [0.4, 0.5) is 5.82 Å². The maximum Gasteiger partial charge on any atom is 0.517 e. The molecular weight excluding hydrogens is 411 g/mol. The highest BCUT2D eigenvalue weighted by Gasteiger charge is 2.49. The molecule has 1 aliphatic heterocycles. The van der Waals surface area contributed by atoms with Crippen LogP contribution in [-0.4, -0.2) is 63.8 Å². The topological polar surface area (TPSA) is 203 Å². The lowest BCUT2D eigenvalue weighted by Crippen LogP contribution is -2.34. The fraction of sp³-hybridized carbons (Fsp3) is 0.500. The lowest BCUT2D eigenvalue weighted by molar-refractivity contribution is -0.0289. The number of imidazole rings is 1. The first-order valence-corrected chi connectivity index (χ1v) is 11.9. The first-order chi connectivity index (χ1) is 12.2. The highest BCUT2D eigenvalue weighted by molar-refractivity contribution is 8.12. The average Bonchev–Trinajstić information content (AvgIpc) is 3.08. The van der Waals surface area contributed by atoms with Gasteiger partial charge in [0.05, 0.1) is 12.4 Å². The van der Waals surface area contributed by atoms with Crippen LogP contribution in [0.2, 0.25) is 0 Å². The van der Waals surface area contributed by atoms with Gasteiger partial charge in [-0.25, -0.2) is 19.5 Å². The Kier molecular flexibility index (Phi) is 5.64. The van der Waals surface area contributed by atoms with Crippen LogP contribution in [-0.2, 0) is 18.4 Å². The van der Waals surface area contributed by atoms with Gasteiger partial charge in [-0.3, -0.25) is 9.09 Å². The summed E-state index contributed by atoms with van der Waals surface area (Å²) >= 11 is 0. The Hall–Kier alpha value is -1.13. The van der Waals surface area contributed by atoms with Gasteiger partial charge in [-0.1, -0.05) is 0 Å². The third-order valence-electron chi connectivity index (χ3n) is 3.66. The number of hydrogen-bond donors (Lipinski definition) is 5. The molecule has 0 aromatic carbocycles. The van der Waals surface area contributed by atoms with Crippen molar-refractivity contribution in [2.24, 2.45) is 0 Å². The Balaban J connectivity index is 1.93. The van der Waals surface area contributed by atoms with Crippen LogP contribution in [0.5, 0.6) is 0 Å². The number of nitrogens with zero attached hydrogens (tertiary/aromatic N) is 4. The number of rotatable bonds is 6. The number of hydrogen-bond acceptors (Lipinski definition) is 9. The third-order valence-corrected chi connectivity index (χ3v) is 6.39. The van der Waals surface area contributed by atoms with Crippen molar-refractivity contribution in [2.75, 3.05) is 11.9 Å². The number of aromatic nitrogens is 4. The van der Waals surface area contributed by atoms with Gasteiger partial charge in [0.25, 0.3) is 0 Å². The predicted octanol–water partition coefficient (Wildman–Crippen LogP) is -0.527. The quantitative estimate of drug-likeness (QED) is 0.370. The van der Waals surface area contributed by atoms with Crippen LogP contribution < -0.4 is 5.73 Å². The second-order valence-electron chi connectivity index (χ2n) is 5.33. The largest absolute Gasteiger partial charge is 0.517 e. The van der Waals surface area contributed by atoms with Gasteiger partial charge in [-0.2, -0.15) is 4.89 Å². The molecule has 1 saturated heterocycles. The van der Waals surface area contributed by atoms with Gasteiger partial charge in [0.2, 0.25) is 0 Å². The molecule has 16 heteroatoms. The molecule has 0 radical (unpaired) electrons. The van der Waals surface area contributed by atoms with Gasteiger partial charge in [-0.15, -0.1) is 0 Å². The summed E-state index contributed by atoms with van der Waals surface area (Å²) in [5.41, 5.74) is 6.21. The predicted molar refractivity (Wildman–Crippen MR) is 89.6 cm³/mol. The first-order valence-electron chi connectivity index (χ1n) is 7.07. The highest BCUT2D eigenvalue weighted by atomic mass is 32.0. The summed E-state index contributed by atoms with van der Waals surface area (Å²) in [6.45, 7) is 0. The summed E-state index contributed by atoms with van der Waals surface area (Å²) in [5, 5.41) is 10.5. The van der Waals surface area contributed by atoms with Crippen LogP contribution in [0.15, 0.2) is 12.7 Å². The zero-order valence-electron chi connectivity index (χ0n) is 12.9. The van der Waals surface area contributed by atoms with Gasteiger partial charge in [0.15, 0.2) is 26.0 Å². The molecule has 0 amide bonds. The van der Waals surface area contributed by atoms with E-state index in [0.29, 0.717) is 0 Å². The number of phosphoric acid groups is 1. The molecule has 2 aromatic heterocycles. The molecule has 3 heterocycles. The Morgan fingerprint density at radius 3 is 2.81 bits per heavy atom. The van der Waals surface area contributed by atoms with E-state index >= 15 is 0 Å². The van der Waals surface area contributed by atoms with Crippen molar-refractivity contribution in [1.29, 1.82) is 0 Å². The molecule has 0 saturated carbocycles. The fourth-order valence-corrected chi connectivity index (χ4v) is 4.88. The monoisotopic (exact) mass is 426 g/mol. The average molecular weight is 426 g/mol. The van der Waals surface area contributed by atoms with E-state index in [-0.39, 0.29) is 23.1 Å². The molecule has 13 nitrogen and oxygen atoms in total. The summed E-state index contributed by atoms with van der Waals surface area (Å²) in [6, 6.07) is 0. The highest BCUT2D eigenvalue weighted by Crippen LogP contribution is 2.48. The molecule has 26 heavy (non-hydrogen) atoms. The summed E-state index contributed by atoms with van der Waals surface area (Å²) in [6.07, 6.45) is -2.64. The molecule has 6 atom stereocenters. The van der Waals surface area contributed by atoms with E-state index in [1.807, 2.05) is 0 Å². The molecule has 6 unspecified atom stereocenters. The smallest absolute Gasteiger partial charge is 0.386 e. The minimum Gasteiger partial charge on any atom is -0.386 e. The molecule has 1 fully saturated rings. The maximum absolute atomic E-state index is 11.2. The summed E-state index contributed by atoms with van der Waals surface area (Å²) in [7, 11) is -7.86. The molecule has 0 bridgehead atoms.